The second-order valence-electron chi connectivity index (χ2n) is 28.2. The monoisotopic (exact) mass is 1350 g/mol. The molecule has 0 aromatic rings. The summed E-state index contributed by atoms with van der Waals surface area (Å²) in [5, 5.41) is 10.6. The maximum Gasteiger partial charge on any atom is 0.472 e. The summed E-state index contributed by atoms with van der Waals surface area (Å²) in [6.45, 7) is 14.1. The summed E-state index contributed by atoms with van der Waals surface area (Å²) in [6, 6.07) is 0. The van der Waals surface area contributed by atoms with E-state index >= 15 is 0 Å². The number of phosphoric ester groups is 2. The molecule has 3 N–H and O–H groups in total. The molecule has 0 aliphatic carbocycles. The van der Waals surface area contributed by atoms with Crippen LogP contribution in [0.2, 0.25) is 0 Å². The lowest BCUT2D eigenvalue weighted by atomic mass is 10.0. The Morgan fingerprint density at radius 3 is 0.674 bits per heavy atom. The molecule has 0 aliphatic rings. The lowest BCUT2D eigenvalue weighted by Crippen LogP contribution is -2.30. The predicted molar refractivity (Wildman–Crippen MR) is 372 cm³/mol. The van der Waals surface area contributed by atoms with Crippen LogP contribution in [0.4, 0.5) is 0 Å². The van der Waals surface area contributed by atoms with Gasteiger partial charge in [0.2, 0.25) is 0 Å². The van der Waals surface area contributed by atoms with Crippen molar-refractivity contribution in [3.8, 4) is 0 Å². The first-order chi connectivity index (χ1) is 44.1. The molecular weight excluding hydrogens is 1210 g/mol. The van der Waals surface area contributed by atoms with E-state index in [0.717, 1.165) is 114 Å². The molecular formula is C73H142O17P2. The molecule has 17 nitrogen and oxygen atoms in total. The molecule has 0 spiro atoms. The Bertz CT molecular complexity index is 1690. The number of carbonyl (C=O) groups excluding carboxylic acids is 4. The molecule has 0 bridgehead atoms. The first kappa shape index (κ1) is 90.1. The summed E-state index contributed by atoms with van der Waals surface area (Å²) in [5.74, 6) is 0.897. The average molecular weight is 1350 g/mol. The van der Waals surface area contributed by atoms with Crippen molar-refractivity contribution >= 4 is 39.5 Å². The fraction of sp³-hybridized carbons (Fsp3) is 0.945. The van der Waals surface area contributed by atoms with Gasteiger partial charge in [-0.15, -0.1) is 0 Å². The van der Waals surface area contributed by atoms with E-state index in [4.69, 9.17) is 37.0 Å². The number of esters is 4. The number of rotatable bonds is 70. The minimum atomic E-state index is -4.95. The fourth-order valence-corrected chi connectivity index (χ4v) is 12.6. The van der Waals surface area contributed by atoms with Gasteiger partial charge in [0.05, 0.1) is 26.4 Å². The molecule has 0 heterocycles. The van der Waals surface area contributed by atoms with Crippen molar-refractivity contribution in [3.63, 3.8) is 0 Å². The van der Waals surface area contributed by atoms with Crippen LogP contribution in [0.25, 0.3) is 0 Å². The summed E-state index contributed by atoms with van der Waals surface area (Å²) in [5.41, 5.74) is 0. The molecule has 0 amide bonds. The second kappa shape index (κ2) is 62.6. The largest absolute Gasteiger partial charge is 0.472 e. The van der Waals surface area contributed by atoms with Crippen LogP contribution < -0.4 is 0 Å². The predicted octanol–water partition coefficient (Wildman–Crippen LogP) is 20.9. The van der Waals surface area contributed by atoms with Gasteiger partial charge in [-0.1, -0.05) is 312 Å². The van der Waals surface area contributed by atoms with Crippen molar-refractivity contribution in [2.75, 3.05) is 39.6 Å². The van der Waals surface area contributed by atoms with Gasteiger partial charge in [-0.3, -0.25) is 37.3 Å². The van der Waals surface area contributed by atoms with Gasteiger partial charge in [-0.2, -0.15) is 0 Å². The van der Waals surface area contributed by atoms with Gasteiger partial charge in [0.25, 0.3) is 0 Å². The summed E-state index contributed by atoms with van der Waals surface area (Å²) in [7, 11) is -9.91. The third kappa shape index (κ3) is 66.7. The molecule has 0 aromatic carbocycles. The Morgan fingerprint density at radius 1 is 0.272 bits per heavy atom. The normalized spacial score (nSPS) is 14.2. The van der Waals surface area contributed by atoms with Crippen LogP contribution in [-0.4, -0.2) is 96.7 Å². The Balaban J connectivity index is 5.27. The summed E-state index contributed by atoms with van der Waals surface area (Å²) in [4.78, 5) is 72.7. The van der Waals surface area contributed by atoms with Gasteiger partial charge < -0.3 is 33.8 Å². The van der Waals surface area contributed by atoms with Crippen molar-refractivity contribution in [3.05, 3.63) is 0 Å². The highest BCUT2D eigenvalue weighted by Crippen LogP contribution is 2.45. The fourth-order valence-electron chi connectivity index (χ4n) is 11.0. The van der Waals surface area contributed by atoms with Crippen LogP contribution in [0.1, 0.15) is 364 Å². The first-order valence-corrected chi connectivity index (χ1v) is 40.7. The molecule has 92 heavy (non-hydrogen) atoms. The van der Waals surface area contributed by atoms with E-state index in [1.54, 1.807) is 0 Å². The Hall–Kier alpha value is -1.94. The smallest absolute Gasteiger partial charge is 0.462 e. The number of aliphatic hydroxyl groups is 1. The highest BCUT2D eigenvalue weighted by Gasteiger charge is 2.30. The van der Waals surface area contributed by atoms with Crippen molar-refractivity contribution in [2.24, 2.45) is 23.7 Å². The molecule has 0 radical (unpaired) electrons. The molecule has 2 unspecified atom stereocenters. The van der Waals surface area contributed by atoms with Gasteiger partial charge in [-0.05, 0) is 49.4 Å². The number of phosphoric acid groups is 2. The average Bonchev–Trinajstić information content (AvgIpc) is 3.46. The Labute approximate surface area is 562 Å². The molecule has 0 aliphatic heterocycles. The van der Waals surface area contributed by atoms with Gasteiger partial charge in [0.15, 0.2) is 12.2 Å². The highest BCUT2D eigenvalue weighted by atomic mass is 31.2. The van der Waals surface area contributed by atoms with E-state index in [1.807, 2.05) is 0 Å². The van der Waals surface area contributed by atoms with Crippen molar-refractivity contribution in [1.82, 2.24) is 0 Å². The third-order valence-electron chi connectivity index (χ3n) is 16.8. The number of aliphatic hydroxyl groups excluding tert-OH is 1. The zero-order chi connectivity index (χ0) is 68.2. The first-order valence-electron chi connectivity index (χ1n) is 37.7. The molecule has 546 valence electrons. The maximum atomic E-state index is 13.0. The van der Waals surface area contributed by atoms with E-state index in [0.29, 0.717) is 25.7 Å². The highest BCUT2D eigenvalue weighted by molar-refractivity contribution is 7.47. The summed E-state index contributed by atoms with van der Waals surface area (Å²) >= 11 is 0. The van der Waals surface area contributed by atoms with Crippen LogP contribution in [0.5, 0.6) is 0 Å². The van der Waals surface area contributed by atoms with E-state index in [1.165, 1.54) is 167 Å². The van der Waals surface area contributed by atoms with Crippen LogP contribution >= 0.6 is 15.6 Å². The quantitative estimate of drug-likeness (QED) is 0.0222. The lowest BCUT2D eigenvalue weighted by Gasteiger charge is -2.21. The van der Waals surface area contributed by atoms with Gasteiger partial charge in [-0.25, -0.2) is 9.13 Å². The number of carbonyl (C=O) groups is 4. The Kier molecular flexibility index (Phi) is 61.3. The number of hydrogen-bond donors (Lipinski definition) is 3. The van der Waals surface area contributed by atoms with Crippen molar-refractivity contribution in [2.45, 2.75) is 382 Å². The summed E-state index contributed by atoms with van der Waals surface area (Å²) in [6.07, 6.45) is 45.7. The van der Waals surface area contributed by atoms with Gasteiger partial charge >= 0.3 is 39.5 Å². The maximum absolute atomic E-state index is 13.0. The molecule has 0 saturated carbocycles. The summed E-state index contributed by atoms with van der Waals surface area (Å²) < 4.78 is 68.4. The van der Waals surface area contributed by atoms with Crippen LogP contribution in [0, 0.1) is 23.7 Å². The minimum absolute atomic E-state index is 0.105. The van der Waals surface area contributed by atoms with Crippen molar-refractivity contribution in [1.29, 1.82) is 0 Å². The number of hydrogen-bond acceptors (Lipinski definition) is 15. The number of unbranched alkanes of at least 4 members (excludes halogenated alkanes) is 36. The topological polar surface area (TPSA) is 237 Å². The van der Waals surface area contributed by atoms with Crippen LogP contribution in [-0.2, 0) is 65.4 Å². The zero-order valence-electron chi connectivity index (χ0n) is 60.2. The zero-order valence-corrected chi connectivity index (χ0v) is 62.0. The van der Waals surface area contributed by atoms with E-state index in [2.05, 4.69) is 55.4 Å². The van der Waals surface area contributed by atoms with Gasteiger partial charge in [0, 0.05) is 25.7 Å². The Morgan fingerprint density at radius 2 is 0.457 bits per heavy atom. The van der Waals surface area contributed by atoms with E-state index in [9.17, 15) is 43.2 Å². The number of ether oxygens (including phenoxy) is 4. The molecule has 4 atom stereocenters. The van der Waals surface area contributed by atoms with Crippen LogP contribution in [0.15, 0.2) is 0 Å². The SMILES string of the molecule is CC(C)CCCCCCCCCCCCC(=O)OC[C@H](COP(=O)(O)OCC(O)COP(=O)(O)OC[C@@H](COC(=O)CCCCCCCCCCCCC(C)C)OC(=O)CCCCCCCCCCCCC(C)C)OC(=O)CCCCCCCCCCCCC(C)C. The van der Waals surface area contributed by atoms with E-state index in [-0.39, 0.29) is 25.7 Å². The van der Waals surface area contributed by atoms with Gasteiger partial charge in [0.1, 0.15) is 19.3 Å². The van der Waals surface area contributed by atoms with E-state index < -0.39 is 97.5 Å². The molecule has 0 aromatic heterocycles. The minimum Gasteiger partial charge on any atom is -0.462 e. The molecule has 0 fully saturated rings. The lowest BCUT2D eigenvalue weighted by molar-refractivity contribution is -0.161. The van der Waals surface area contributed by atoms with Crippen molar-refractivity contribution < 1.29 is 80.2 Å². The molecule has 0 rings (SSSR count). The standard InChI is InChI=1S/C73H142O17P2/c1-63(2)49-41-33-25-17-9-13-21-29-37-45-53-70(75)83-59-68(89-72(77)55-47-39-31-23-15-11-19-27-35-43-51-65(5)6)61-87-91(79,80)85-57-67(74)58-86-92(81,82)88-62-69(90-73(78)56-48-40-32-24-16-12-20-28-36-44-52-66(7)8)60-84-71(76)54-46-38-30-22-14-10-18-26-34-42-50-64(3)4/h63-69,74H,9-62H2,1-8H3,(H,79,80)(H,81,82)/t68-,69-/m1/s1. The third-order valence-corrected chi connectivity index (χ3v) is 18.7. The van der Waals surface area contributed by atoms with Crippen LogP contribution in [0.3, 0.4) is 0 Å². The molecule has 0 saturated heterocycles. The molecule has 19 heteroatoms. The second-order valence-corrected chi connectivity index (χ2v) is 31.1.